The molecule has 1 aromatic rings. The molecule has 0 radical (unpaired) electrons. The number of hydrogen-bond acceptors (Lipinski definition) is 4. The molecule has 0 spiro atoms. The molecular formula is C16H20O4. The summed E-state index contributed by atoms with van der Waals surface area (Å²) in [6, 6.07) is 7.68. The van der Waals surface area contributed by atoms with Gasteiger partial charge in [0.15, 0.2) is 0 Å². The maximum absolute atomic E-state index is 12.0. The molecule has 0 heterocycles. The van der Waals surface area contributed by atoms with E-state index in [0.29, 0.717) is 25.9 Å². The highest BCUT2D eigenvalue weighted by Gasteiger charge is 2.48. The Kier molecular flexibility index (Phi) is 4.77. The number of para-hydroxylation sites is 1. The van der Waals surface area contributed by atoms with Gasteiger partial charge in [-0.3, -0.25) is 9.59 Å². The number of hydrogen-bond donors (Lipinski definition) is 0. The molecule has 20 heavy (non-hydrogen) atoms. The number of Topliss-reactive ketones (excluding diaryl/α,β-unsaturated/α-hetero) is 1. The fraction of sp³-hybridized carbons (Fsp3) is 0.500. The highest BCUT2D eigenvalue weighted by atomic mass is 16.5. The molecule has 0 saturated heterocycles. The first-order chi connectivity index (χ1) is 9.67. The summed E-state index contributed by atoms with van der Waals surface area (Å²) in [5.74, 6) is 0.374. The lowest BCUT2D eigenvalue weighted by Crippen LogP contribution is -2.12. The van der Waals surface area contributed by atoms with Gasteiger partial charge in [0.1, 0.15) is 11.5 Å². The summed E-state index contributed by atoms with van der Waals surface area (Å²) in [6.07, 6.45) is 1.74. The Morgan fingerprint density at radius 2 is 2.00 bits per heavy atom. The fourth-order valence-corrected chi connectivity index (χ4v) is 2.41. The average molecular weight is 276 g/mol. The van der Waals surface area contributed by atoms with Crippen LogP contribution in [0.5, 0.6) is 5.75 Å². The zero-order valence-corrected chi connectivity index (χ0v) is 11.9. The highest BCUT2D eigenvalue weighted by Crippen LogP contribution is 2.41. The topological polar surface area (TPSA) is 52.6 Å². The van der Waals surface area contributed by atoms with E-state index >= 15 is 0 Å². The van der Waals surface area contributed by atoms with E-state index in [1.54, 1.807) is 14.0 Å². The van der Waals surface area contributed by atoms with Gasteiger partial charge in [-0.2, -0.15) is 0 Å². The third kappa shape index (κ3) is 3.38. The van der Waals surface area contributed by atoms with Crippen molar-refractivity contribution in [2.45, 2.75) is 26.2 Å². The molecule has 1 aliphatic rings. The van der Waals surface area contributed by atoms with Gasteiger partial charge in [-0.1, -0.05) is 18.2 Å². The minimum atomic E-state index is -0.233. The SMILES string of the molecule is CCOC(=O)[C@H]1C[C@@H]1C(=O)CCc1ccccc1OC. The Hall–Kier alpha value is -1.84. The fourth-order valence-electron chi connectivity index (χ4n) is 2.41. The molecule has 0 unspecified atom stereocenters. The van der Waals surface area contributed by atoms with Crippen LogP contribution in [-0.2, 0) is 20.7 Å². The Bertz CT molecular complexity index is 495. The second-order valence-corrected chi connectivity index (χ2v) is 4.98. The third-order valence-corrected chi connectivity index (χ3v) is 3.63. The molecule has 1 aromatic carbocycles. The molecule has 4 nitrogen and oxygen atoms in total. The Balaban J connectivity index is 1.83. The van der Waals surface area contributed by atoms with E-state index in [1.807, 2.05) is 24.3 Å². The van der Waals surface area contributed by atoms with E-state index in [4.69, 9.17) is 9.47 Å². The van der Waals surface area contributed by atoms with Crippen molar-refractivity contribution in [2.75, 3.05) is 13.7 Å². The van der Waals surface area contributed by atoms with Gasteiger partial charge < -0.3 is 9.47 Å². The summed E-state index contributed by atoms with van der Waals surface area (Å²) in [4.78, 5) is 23.5. The number of esters is 1. The van der Waals surface area contributed by atoms with Crippen LogP contribution >= 0.6 is 0 Å². The van der Waals surface area contributed by atoms with Gasteiger partial charge in [-0.25, -0.2) is 0 Å². The van der Waals surface area contributed by atoms with Crippen molar-refractivity contribution in [1.29, 1.82) is 0 Å². The smallest absolute Gasteiger partial charge is 0.309 e. The normalized spacial score (nSPS) is 20.3. The Labute approximate surface area is 119 Å². The van der Waals surface area contributed by atoms with Crippen molar-refractivity contribution in [3.8, 4) is 5.75 Å². The standard InChI is InChI=1S/C16H20O4/c1-3-20-16(18)13-10-12(13)14(17)9-8-11-6-4-5-7-15(11)19-2/h4-7,12-13H,3,8-10H2,1-2H3/t12-,13-/m0/s1. The van der Waals surface area contributed by atoms with Crippen molar-refractivity contribution in [3.05, 3.63) is 29.8 Å². The molecule has 0 N–H and O–H groups in total. The van der Waals surface area contributed by atoms with Crippen molar-refractivity contribution < 1.29 is 19.1 Å². The van der Waals surface area contributed by atoms with Crippen LogP contribution in [0.4, 0.5) is 0 Å². The molecule has 0 bridgehead atoms. The monoisotopic (exact) mass is 276 g/mol. The lowest BCUT2D eigenvalue weighted by atomic mass is 10.0. The second-order valence-electron chi connectivity index (χ2n) is 4.98. The summed E-state index contributed by atoms with van der Waals surface area (Å²) >= 11 is 0. The number of methoxy groups -OCH3 is 1. The molecule has 1 aliphatic carbocycles. The van der Waals surface area contributed by atoms with E-state index in [1.165, 1.54) is 0 Å². The van der Waals surface area contributed by atoms with Gasteiger partial charge in [-0.15, -0.1) is 0 Å². The van der Waals surface area contributed by atoms with Gasteiger partial charge in [0.25, 0.3) is 0 Å². The number of ether oxygens (including phenoxy) is 2. The van der Waals surface area contributed by atoms with Crippen molar-refractivity contribution in [1.82, 2.24) is 0 Å². The molecular weight excluding hydrogens is 256 g/mol. The second kappa shape index (κ2) is 6.55. The van der Waals surface area contributed by atoms with Crippen LogP contribution in [0.15, 0.2) is 24.3 Å². The van der Waals surface area contributed by atoms with Gasteiger partial charge in [0.05, 0.1) is 19.6 Å². The maximum Gasteiger partial charge on any atom is 0.309 e. The zero-order valence-electron chi connectivity index (χ0n) is 11.9. The minimum Gasteiger partial charge on any atom is -0.496 e. The Morgan fingerprint density at radius 1 is 1.25 bits per heavy atom. The van der Waals surface area contributed by atoms with Crippen LogP contribution in [0.2, 0.25) is 0 Å². The zero-order chi connectivity index (χ0) is 14.5. The average Bonchev–Trinajstić information content (AvgIpc) is 3.26. The van der Waals surface area contributed by atoms with Crippen LogP contribution in [0.1, 0.15) is 25.3 Å². The predicted molar refractivity (Wildman–Crippen MR) is 74.6 cm³/mol. The number of carbonyl (C=O) groups excluding carboxylic acids is 2. The van der Waals surface area contributed by atoms with Crippen LogP contribution in [0.25, 0.3) is 0 Å². The number of benzene rings is 1. The minimum absolute atomic E-state index is 0.135. The van der Waals surface area contributed by atoms with Crippen LogP contribution in [-0.4, -0.2) is 25.5 Å². The highest BCUT2D eigenvalue weighted by molar-refractivity contribution is 5.91. The number of carbonyl (C=O) groups is 2. The molecule has 0 aliphatic heterocycles. The van der Waals surface area contributed by atoms with Gasteiger partial charge >= 0.3 is 5.97 Å². The maximum atomic E-state index is 12.0. The molecule has 1 saturated carbocycles. The molecule has 2 atom stereocenters. The predicted octanol–water partition coefficient (Wildman–Crippen LogP) is 2.40. The molecule has 4 heteroatoms. The number of ketones is 1. The van der Waals surface area contributed by atoms with Crippen molar-refractivity contribution >= 4 is 11.8 Å². The molecule has 1 fully saturated rings. The summed E-state index contributed by atoms with van der Waals surface area (Å²) in [5, 5.41) is 0. The number of aryl methyl sites for hydroxylation is 1. The summed E-state index contributed by atoms with van der Waals surface area (Å²) in [7, 11) is 1.62. The first-order valence-electron chi connectivity index (χ1n) is 6.98. The van der Waals surface area contributed by atoms with Crippen LogP contribution in [0.3, 0.4) is 0 Å². The largest absolute Gasteiger partial charge is 0.496 e. The summed E-state index contributed by atoms with van der Waals surface area (Å²) < 4.78 is 10.2. The van der Waals surface area contributed by atoms with E-state index in [0.717, 1.165) is 11.3 Å². The van der Waals surface area contributed by atoms with Crippen LogP contribution in [0, 0.1) is 11.8 Å². The number of rotatable bonds is 7. The van der Waals surface area contributed by atoms with Crippen molar-refractivity contribution in [2.24, 2.45) is 11.8 Å². The summed E-state index contributed by atoms with van der Waals surface area (Å²) in [5.41, 5.74) is 1.02. The lowest BCUT2D eigenvalue weighted by Gasteiger charge is -2.07. The summed E-state index contributed by atoms with van der Waals surface area (Å²) in [6.45, 7) is 2.15. The van der Waals surface area contributed by atoms with Gasteiger partial charge in [-0.05, 0) is 31.4 Å². The molecule has 2 rings (SSSR count). The van der Waals surface area contributed by atoms with E-state index in [-0.39, 0.29) is 23.6 Å². The molecule has 108 valence electrons. The van der Waals surface area contributed by atoms with Crippen LogP contribution < -0.4 is 4.74 Å². The van der Waals surface area contributed by atoms with E-state index < -0.39 is 0 Å². The van der Waals surface area contributed by atoms with E-state index in [9.17, 15) is 9.59 Å². The van der Waals surface area contributed by atoms with Crippen molar-refractivity contribution in [3.63, 3.8) is 0 Å². The van der Waals surface area contributed by atoms with Gasteiger partial charge in [0, 0.05) is 12.3 Å². The molecule has 0 aromatic heterocycles. The first-order valence-corrected chi connectivity index (χ1v) is 6.98. The molecule has 0 amide bonds. The third-order valence-electron chi connectivity index (χ3n) is 3.63. The van der Waals surface area contributed by atoms with Gasteiger partial charge in [0.2, 0.25) is 0 Å². The van der Waals surface area contributed by atoms with E-state index in [2.05, 4.69) is 0 Å². The Morgan fingerprint density at radius 3 is 2.70 bits per heavy atom. The first kappa shape index (κ1) is 14.6. The quantitative estimate of drug-likeness (QED) is 0.718. The lowest BCUT2D eigenvalue weighted by molar-refractivity contribution is -0.145.